The van der Waals surface area contributed by atoms with Crippen LogP contribution in [0.1, 0.15) is 31.2 Å². The summed E-state index contributed by atoms with van der Waals surface area (Å²) < 4.78 is 39.0. The van der Waals surface area contributed by atoms with E-state index in [1.807, 2.05) is 18.2 Å². The Kier molecular flexibility index (Phi) is 7.41. The highest BCUT2D eigenvalue weighted by molar-refractivity contribution is 5.81. The largest absolute Gasteiger partial charge is 0.860 e. The number of nitrogens with zero attached hydrogens (tertiary/aromatic N) is 4. The molecule has 38 heavy (non-hydrogen) atoms. The first-order chi connectivity index (χ1) is 18.2. The molecule has 2 aromatic heterocycles. The van der Waals surface area contributed by atoms with Gasteiger partial charge in [0.2, 0.25) is 11.9 Å². The van der Waals surface area contributed by atoms with Crippen molar-refractivity contribution in [3.05, 3.63) is 65.4 Å². The third-order valence-electron chi connectivity index (χ3n) is 6.88. The zero-order valence-electron chi connectivity index (χ0n) is 20.7. The molecule has 1 aliphatic carbocycles. The maximum absolute atomic E-state index is 12.5. The molecule has 1 saturated heterocycles. The van der Waals surface area contributed by atoms with Gasteiger partial charge < -0.3 is 26.0 Å². The van der Waals surface area contributed by atoms with Crippen LogP contribution in [0.15, 0.2) is 59.8 Å². The van der Waals surface area contributed by atoms with E-state index in [-0.39, 0.29) is 12.4 Å². The molecular formula is C26H29F3N7O2-. The van der Waals surface area contributed by atoms with Gasteiger partial charge in [0, 0.05) is 43.5 Å². The zero-order valence-corrected chi connectivity index (χ0v) is 20.7. The Labute approximate surface area is 217 Å². The lowest BCUT2D eigenvalue weighted by Gasteiger charge is -2.27. The molecule has 202 valence electrons. The van der Waals surface area contributed by atoms with Crippen molar-refractivity contribution in [3.8, 4) is 0 Å². The van der Waals surface area contributed by atoms with Crippen LogP contribution in [0.2, 0.25) is 0 Å². The number of alkyl halides is 3. The molecule has 1 unspecified atom stereocenters. The van der Waals surface area contributed by atoms with E-state index in [2.05, 4.69) is 26.0 Å². The summed E-state index contributed by atoms with van der Waals surface area (Å²) in [5.41, 5.74) is 3.68. The lowest BCUT2D eigenvalue weighted by atomic mass is 10.00. The maximum atomic E-state index is 12.5. The molecule has 2 aromatic rings. The Morgan fingerprint density at radius 3 is 2.89 bits per heavy atom. The summed E-state index contributed by atoms with van der Waals surface area (Å²) >= 11 is 0. The van der Waals surface area contributed by atoms with E-state index in [0.29, 0.717) is 48.3 Å². The van der Waals surface area contributed by atoms with Crippen molar-refractivity contribution in [1.29, 1.82) is 0 Å². The summed E-state index contributed by atoms with van der Waals surface area (Å²) in [6.07, 6.45) is 4.51. The normalized spacial score (nSPS) is 21.0. The quantitative estimate of drug-likeness (QED) is 0.451. The van der Waals surface area contributed by atoms with E-state index in [1.165, 1.54) is 4.90 Å². The second-order valence-electron chi connectivity index (χ2n) is 9.64. The maximum Gasteiger partial charge on any atom is 0.389 e. The fourth-order valence-electron chi connectivity index (χ4n) is 4.78. The van der Waals surface area contributed by atoms with E-state index >= 15 is 0 Å². The molecule has 0 radical (unpaired) electrons. The molecule has 0 aromatic carbocycles. The number of pyridine rings is 1. The Bertz CT molecular complexity index is 1320. The molecule has 3 aliphatic rings. The minimum absolute atomic E-state index is 0.120. The minimum Gasteiger partial charge on any atom is -0.860 e. The molecule has 1 fully saturated rings. The van der Waals surface area contributed by atoms with Gasteiger partial charge in [-0.1, -0.05) is 12.2 Å². The molecule has 2 aliphatic heterocycles. The number of carbonyl (C=O) groups is 1. The molecule has 4 heterocycles. The number of hydrogen-bond donors (Lipinski definition) is 3. The standard InChI is InChI=1S/C26H30F3N7O2/c27-26(28,29)9-5-22(37)35-12-7-18(8-13-35)21-2-1-11-36-23(21)33-25(34-36)32-20-4-3-19(14-20)24(38)31-16-17-6-10-30-15-17/h1-4,7,11,14,17,30-31,38H,5-6,8-10,12-13,15-16H2,(H,32,34)/p-1/b24-19+. The van der Waals surface area contributed by atoms with Crippen molar-refractivity contribution < 1.29 is 23.1 Å². The first kappa shape index (κ1) is 25.8. The van der Waals surface area contributed by atoms with Gasteiger partial charge in [-0.05, 0) is 73.2 Å². The van der Waals surface area contributed by atoms with Crippen LogP contribution in [0.3, 0.4) is 0 Å². The van der Waals surface area contributed by atoms with Crippen LogP contribution in [0.25, 0.3) is 11.2 Å². The van der Waals surface area contributed by atoms with Gasteiger partial charge in [-0.25, -0.2) is 4.52 Å². The fourth-order valence-corrected chi connectivity index (χ4v) is 4.78. The van der Waals surface area contributed by atoms with Crippen LogP contribution < -0.4 is 21.1 Å². The van der Waals surface area contributed by atoms with Crippen LogP contribution >= 0.6 is 0 Å². The average molecular weight is 529 g/mol. The number of nitrogens with one attached hydrogen (secondary N) is 3. The average Bonchev–Trinajstić information content (AvgIpc) is 3.66. The topological polar surface area (TPSA) is 110 Å². The van der Waals surface area contributed by atoms with Gasteiger partial charge in [-0.3, -0.25) is 4.79 Å². The van der Waals surface area contributed by atoms with Crippen molar-refractivity contribution in [3.63, 3.8) is 0 Å². The van der Waals surface area contributed by atoms with E-state index in [9.17, 15) is 23.1 Å². The van der Waals surface area contributed by atoms with Crippen LogP contribution in [0, 0.1) is 5.92 Å². The Morgan fingerprint density at radius 1 is 1.29 bits per heavy atom. The molecule has 12 heteroatoms. The summed E-state index contributed by atoms with van der Waals surface area (Å²) in [6, 6.07) is 3.75. The molecule has 1 atom stereocenters. The third-order valence-corrected chi connectivity index (χ3v) is 6.88. The van der Waals surface area contributed by atoms with Crippen molar-refractivity contribution >= 4 is 23.1 Å². The van der Waals surface area contributed by atoms with Crippen molar-refractivity contribution in [2.45, 2.75) is 31.9 Å². The number of allylic oxidation sites excluding steroid dienone is 4. The first-order valence-corrected chi connectivity index (χ1v) is 12.7. The second-order valence-corrected chi connectivity index (χ2v) is 9.64. The SMILES string of the molecule is O=C(CCC(F)(F)F)N1CC=C(c2cccn3nc(NC4=C/C(=C(/[O-])NCC5CCNC5)C=C4)nc23)CC1. The van der Waals surface area contributed by atoms with Crippen molar-refractivity contribution in [2.75, 3.05) is 38.0 Å². The highest BCUT2D eigenvalue weighted by Gasteiger charge is 2.29. The van der Waals surface area contributed by atoms with E-state index in [0.717, 1.165) is 30.6 Å². The number of amides is 1. The highest BCUT2D eigenvalue weighted by atomic mass is 19.4. The molecule has 0 spiro atoms. The van der Waals surface area contributed by atoms with Gasteiger partial charge in [0.15, 0.2) is 5.65 Å². The predicted octanol–water partition coefficient (Wildman–Crippen LogP) is 2.32. The zero-order chi connectivity index (χ0) is 26.7. The second kappa shape index (κ2) is 10.9. The van der Waals surface area contributed by atoms with E-state index in [4.69, 9.17) is 0 Å². The van der Waals surface area contributed by atoms with Gasteiger partial charge >= 0.3 is 6.18 Å². The van der Waals surface area contributed by atoms with Gasteiger partial charge in [-0.2, -0.15) is 18.2 Å². The molecule has 9 nitrogen and oxygen atoms in total. The summed E-state index contributed by atoms with van der Waals surface area (Å²) in [7, 11) is 0. The van der Waals surface area contributed by atoms with Crippen molar-refractivity contribution in [1.82, 2.24) is 30.1 Å². The summed E-state index contributed by atoms with van der Waals surface area (Å²) in [4.78, 5) is 18.2. The first-order valence-electron chi connectivity index (χ1n) is 12.7. The molecule has 0 saturated carbocycles. The highest BCUT2D eigenvalue weighted by Crippen LogP contribution is 2.28. The molecule has 0 bridgehead atoms. The van der Waals surface area contributed by atoms with Crippen LogP contribution in [-0.2, 0) is 4.79 Å². The van der Waals surface area contributed by atoms with Crippen LogP contribution in [-0.4, -0.2) is 64.3 Å². The lowest BCUT2D eigenvalue weighted by molar-refractivity contribution is -0.313. The Hall–Kier alpha value is -3.80. The van der Waals surface area contributed by atoms with Crippen molar-refractivity contribution in [2.24, 2.45) is 5.92 Å². The van der Waals surface area contributed by atoms with E-state index < -0.39 is 24.9 Å². The number of halogens is 3. The summed E-state index contributed by atoms with van der Waals surface area (Å²) in [6.45, 7) is 3.15. The van der Waals surface area contributed by atoms with Crippen LogP contribution in [0.5, 0.6) is 0 Å². The smallest absolute Gasteiger partial charge is 0.389 e. The van der Waals surface area contributed by atoms with Crippen LogP contribution in [0.4, 0.5) is 19.1 Å². The Morgan fingerprint density at radius 2 is 2.16 bits per heavy atom. The van der Waals surface area contributed by atoms with Gasteiger partial charge in [-0.15, -0.1) is 5.10 Å². The molecular weight excluding hydrogens is 499 g/mol. The number of rotatable bonds is 8. The number of fused-ring (bicyclic) bond motifs is 1. The number of aromatic nitrogens is 3. The van der Waals surface area contributed by atoms with Gasteiger partial charge in [0.05, 0.1) is 6.42 Å². The predicted molar refractivity (Wildman–Crippen MR) is 134 cm³/mol. The fraction of sp³-hybridized carbons (Fsp3) is 0.423. The van der Waals surface area contributed by atoms with Gasteiger partial charge in [0.1, 0.15) is 0 Å². The van der Waals surface area contributed by atoms with E-state index in [1.54, 1.807) is 28.9 Å². The monoisotopic (exact) mass is 528 g/mol. The lowest BCUT2D eigenvalue weighted by Crippen LogP contribution is -2.35. The minimum atomic E-state index is -4.34. The molecule has 3 N–H and O–H groups in total. The summed E-state index contributed by atoms with van der Waals surface area (Å²) in [5, 5.41) is 26.4. The molecule has 1 amide bonds. The molecule has 5 rings (SSSR count). The Balaban J connectivity index is 1.24. The third kappa shape index (κ3) is 6.18. The number of hydrogen-bond acceptors (Lipinski definition) is 7. The summed E-state index contributed by atoms with van der Waals surface area (Å²) in [5.74, 6) is 0.209. The number of carbonyl (C=O) groups excluding carboxylic acids is 1. The number of anilines is 1. The van der Waals surface area contributed by atoms with Gasteiger partial charge in [0.25, 0.3) is 0 Å².